The Morgan fingerprint density at radius 3 is 1.60 bits per heavy atom. The van der Waals surface area contributed by atoms with Gasteiger partial charge in [0, 0.05) is 0 Å². The van der Waals surface area contributed by atoms with E-state index in [-0.39, 0.29) is 0 Å². The second-order valence-corrected chi connectivity index (χ2v) is 4.11. The highest BCUT2D eigenvalue weighted by Gasteiger charge is 2.05. The molecule has 0 amide bonds. The van der Waals surface area contributed by atoms with E-state index in [9.17, 15) is 0 Å². The van der Waals surface area contributed by atoms with Gasteiger partial charge >= 0.3 is 0 Å². The van der Waals surface area contributed by atoms with Crippen molar-refractivity contribution in [1.29, 1.82) is 0 Å². The average Bonchev–Trinajstić information content (AvgIpc) is 1.81. The molecule has 0 saturated heterocycles. The molecule has 1 heteroatoms. The Kier molecular flexibility index (Phi) is 4.99. The van der Waals surface area contributed by atoms with Crippen molar-refractivity contribution in [2.45, 2.75) is 27.7 Å². The zero-order chi connectivity index (χ0) is 8.15. The Morgan fingerprint density at radius 1 is 1.10 bits per heavy atom. The number of hydrogen-bond donors (Lipinski definition) is 0. The Bertz CT molecular complexity index is 102. The molecular weight excluding hydrogens is 139 g/mol. The highest BCUT2D eigenvalue weighted by molar-refractivity contribution is 7.40. The van der Waals surface area contributed by atoms with Crippen LogP contribution in [0.1, 0.15) is 27.7 Å². The maximum atomic E-state index is 2.38. The van der Waals surface area contributed by atoms with Crippen molar-refractivity contribution >= 4 is 8.58 Å². The fraction of sp³-hybridized carbons (Fsp3) is 0.778. The molecule has 0 aliphatic heterocycles. The van der Waals surface area contributed by atoms with Crippen LogP contribution in [0.5, 0.6) is 0 Å². The van der Waals surface area contributed by atoms with Gasteiger partial charge in [-0.25, -0.2) is 0 Å². The standard InChI is InChI=1S/C9H19P/c1-7(2)9(6-10-5)8(3)4/h6-8,10H,1-5H3. The average molecular weight is 158 g/mol. The van der Waals surface area contributed by atoms with Gasteiger partial charge in [0.2, 0.25) is 0 Å². The van der Waals surface area contributed by atoms with E-state index in [1.807, 2.05) is 0 Å². The Labute approximate surface area is 66.9 Å². The lowest BCUT2D eigenvalue weighted by Crippen LogP contribution is -2.00. The molecule has 0 fully saturated rings. The Balaban J connectivity index is 4.12. The fourth-order valence-corrected chi connectivity index (χ4v) is 2.17. The van der Waals surface area contributed by atoms with Crippen LogP contribution in [0, 0.1) is 11.8 Å². The summed E-state index contributed by atoms with van der Waals surface area (Å²) in [6, 6.07) is 0. The topological polar surface area (TPSA) is 0 Å². The quantitative estimate of drug-likeness (QED) is 0.551. The van der Waals surface area contributed by atoms with E-state index in [2.05, 4.69) is 40.2 Å². The molecule has 0 aliphatic rings. The summed E-state index contributed by atoms with van der Waals surface area (Å²) in [6.45, 7) is 11.3. The predicted molar refractivity (Wildman–Crippen MR) is 52.0 cm³/mol. The highest BCUT2D eigenvalue weighted by Crippen LogP contribution is 2.23. The van der Waals surface area contributed by atoms with E-state index in [1.54, 1.807) is 5.57 Å². The molecule has 0 aromatic carbocycles. The van der Waals surface area contributed by atoms with Gasteiger partial charge in [-0.2, -0.15) is 0 Å². The van der Waals surface area contributed by atoms with Gasteiger partial charge in [0.25, 0.3) is 0 Å². The van der Waals surface area contributed by atoms with Crippen LogP contribution in [0.15, 0.2) is 11.4 Å². The molecule has 0 aliphatic carbocycles. The molecule has 0 spiro atoms. The summed E-state index contributed by atoms with van der Waals surface area (Å²) in [5.41, 5.74) is 1.61. The molecule has 0 N–H and O–H groups in total. The van der Waals surface area contributed by atoms with E-state index in [0.717, 1.165) is 20.4 Å². The number of rotatable bonds is 3. The normalized spacial score (nSPS) is 11.9. The maximum absolute atomic E-state index is 2.38. The molecular formula is C9H19P. The van der Waals surface area contributed by atoms with Crippen molar-refractivity contribution in [3.05, 3.63) is 11.4 Å². The second-order valence-electron chi connectivity index (χ2n) is 3.24. The molecule has 1 atom stereocenters. The van der Waals surface area contributed by atoms with Crippen molar-refractivity contribution in [2.24, 2.45) is 11.8 Å². The molecule has 0 saturated carbocycles. The summed E-state index contributed by atoms with van der Waals surface area (Å²) in [5.74, 6) is 3.84. The predicted octanol–water partition coefficient (Wildman–Crippen LogP) is 3.49. The molecule has 10 heavy (non-hydrogen) atoms. The van der Waals surface area contributed by atoms with Crippen LogP contribution in [0.2, 0.25) is 0 Å². The third-order valence-corrected chi connectivity index (χ3v) is 2.27. The number of hydrogen-bond acceptors (Lipinski definition) is 0. The van der Waals surface area contributed by atoms with Crippen LogP contribution in [0.25, 0.3) is 0 Å². The van der Waals surface area contributed by atoms with E-state index in [0.29, 0.717) is 0 Å². The molecule has 0 aromatic rings. The van der Waals surface area contributed by atoms with Crippen LogP contribution in [0.4, 0.5) is 0 Å². The van der Waals surface area contributed by atoms with Gasteiger partial charge in [0.15, 0.2) is 0 Å². The first-order chi connectivity index (χ1) is 4.59. The summed E-state index contributed by atoms with van der Waals surface area (Å²) >= 11 is 0. The lowest BCUT2D eigenvalue weighted by atomic mass is 9.95. The maximum Gasteiger partial charge on any atom is -0.0254 e. The van der Waals surface area contributed by atoms with Crippen LogP contribution in [-0.4, -0.2) is 6.66 Å². The summed E-state index contributed by atoms with van der Waals surface area (Å²) < 4.78 is 0. The van der Waals surface area contributed by atoms with E-state index in [1.165, 1.54) is 0 Å². The summed E-state index contributed by atoms with van der Waals surface area (Å²) in [6.07, 6.45) is 0. The minimum absolute atomic E-state index is 0.729. The Hall–Kier alpha value is 0.170. The molecule has 0 aromatic heterocycles. The molecule has 0 radical (unpaired) electrons. The van der Waals surface area contributed by atoms with Crippen LogP contribution in [0.3, 0.4) is 0 Å². The van der Waals surface area contributed by atoms with Crippen molar-refractivity contribution in [1.82, 2.24) is 0 Å². The first kappa shape index (κ1) is 10.2. The first-order valence-corrected chi connectivity index (χ1v) is 5.54. The summed E-state index contributed by atoms with van der Waals surface area (Å²) in [5, 5.41) is 0. The minimum atomic E-state index is 0.729. The largest absolute Gasteiger partial charge is 0.102 e. The van der Waals surface area contributed by atoms with E-state index < -0.39 is 0 Å². The van der Waals surface area contributed by atoms with Gasteiger partial charge in [-0.3, -0.25) is 0 Å². The zero-order valence-electron chi connectivity index (χ0n) is 7.73. The third-order valence-electron chi connectivity index (χ3n) is 1.64. The molecule has 0 rings (SSSR count). The third kappa shape index (κ3) is 3.37. The van der Waals surface area contributed by atoms with Crippen molar-refractivity contribution in [3.63, 3.8) is 0 Å². The minimum Gasteiger partial charge on any atom is -0.102 e. The van der Waals surface area contributed by atoms with Gasteiger partial charge in [-0.15, -0.1) is 8.58 Å². The van der Waals surface area contributed by atoms with Gasteiger partial charge in [-0.1, -0.05) is 39.1 Å². The zero-order valence-corrected chi connectivity index (χ0v) is 8.73. The van der Waals surface area contributed by atoms with Crippen LogP contribution < -0.4 is 0 Å². The second kappa shape index (κ2) is 4.91. The van der Waals surface area contributed by atoms with Crippen LogP contribution >= 0.6 is 8.58 Å². The Morgan fingerprint density at radius 2 is 1.50 bits per heavy atom. The molecule has 0 nitrogen and oxygen atoms in total. The number of allylic oxidation sites excluding steroid dienone is 1. The lowest BCUT2D eigenvalue weighted by molar-refractivity contribution is 0.628. The smallest absolute Gasteiger partial charge is 0.0254 e. The van der Waals surface area contributed by atoms with Crippen molar-refractivity contribution < 1.29 is 0 Å². The molecule has 0 heterocycles. The summed E-state index contributed by atoms with van der Waals surface area (Å²) in [7, 11) is 0.962. The van der Waals surface area contributed by atoms with Gasteiger partial charge < -0.3 is 0 Å². The van der Waals surface area contributed by atoms with Crippen LogP contribution in [-0.2, 0) is 0 Å². The first-order valence-electron chi connectivity index (χ1n) is 3.96. The van der Waals surface area contributed by atoms with Crippen molar-refractivity contribution in [2.75, 3.05) is 6.66 Å². The monoisotopic (exact) mass is 158 g/mol. The molecule has 60 valence electrons. The molecule has 1 unspecified atom stereocenters. The highest BCUT2D eigenvalue weighted by atomic mass is 31.1. The fourth-order valence-electron chi connectivity index (χ4n) is 1.17. The lowest BCUT2D eigenvalue weighted by Gasteiger charge is -2.14. The van der Waals surface area contributed by atoms with Gasteiger partial charge in [0.1, 0.15) is 0 Å². The van der Waals surface area contributed by atoms with E-state index in [4.69, 9.17) is 0 Å². The van der Waals surface area contributed by atoms with E-state index >= 15 is 0 Å². The van der Waals surface area contributed by atoms with Gasteiger partial charge in [-0.05, 0) is 18.5 Å². The molecule has 0 bridgehead atoms. The van der Waals surface area contributed by atoms with Gasteiger partial charge in [0.05, 0.1) is 0 Å². The SMILES string of the molecule is CPC=C(C(C)C)C(C)C. The van der Waals surface area contributed by atoms with Crippen molar-refractivity contribution in [3.8, 4) is 0 Å². The summed E-state index contributed by atoms with van der Waals surface area (Å²) in [4.78, 5) is 0.